The molecule has 0 radical (unpaired) electrons. The maximum atomic E-state index is 12.6. The highest BCUT2D eigenvalue weighted by molar-refractivity contribution is 7.89. The van der Waals surface area contributed by atoms with Crippen LogP contribution in [0.25, 0.3) is 0 Å². The van der Waals surface area contributed by atoms with Crippen LogP contribution in [0, 0.1) is 0 Å². The Labute approximate surface area is 147 Å². The lowest BCUT2D eigenvalue weighted by Crippen LogP contribution is -2.17. The van der Waals surface area contributed by atoms with E-state index in [1.165, 1.54) is 30.3 Å². The lowest BCUT2D eigenvalue weighted by molar-refractivity contribution is 0.103. The molecule has 140 valence electrons. The molecule has 2 aromatic rings. The van der Waals surface area contributed by atoms with E-state index in [4.69, 9.17) is 0 Å². The zero-order valence-electron chi connectivity index (χ0n) is 12.9. The average molecular weight is 404 g/mol. The third-order valence-corrected chi connectivity index (χ3v) is 5.26. The molecule has 0 atom stereocenters. The lowest BCUT2D eigenvalue weighted by Gasteiger charge is -2.17. The number of rotatable bonds is 5. The second-order valence-corrected chi connectivity index (χ2v) is 7.63. The largest absolute Gasteiger partial charge is 0.504 e. The molecule has 0 saturated heterocycles. The summed E-state index contributed by atoms with van der Waals surface area (Å²) in [7, 11) is -10.1. The minimum absolute atomic E-state index is 0.196. The number of ketones is 1. The van der Waals surface area contributed by atoms with E-state index in [0.717, 1.165) is 7.11 Å². The predicted molar refractivity (Wildman–Crippen MR) is 85.8 cm³/mol. The fourth-order valence-electron chi connectivity index (χ4n) is 2.27. The highest BCUT2D eigenvalue weighted by Gasteiger charge is 2.39. The summed E-state index contributed by atoms with van der Waals surface area (Å²) in [5.41, 5.74) is -1.44. The van der Waals surface area contributed by atoms with Crippen LogP contribution in [-0.4, -0.2) is 49.0 Å². The topological polar surface area (TPSA) is 175 Å². The Bertz CT molecular complexity index is 1090. The molecular weight excluding hydrogens is 392 g/mol. The monoisotopic (exact) mass is 404 g/mol. The van der Waals surface area contributed by atoms with Gasteiger partial charge < -0.3 is 14.9 Å². The second kappa shape index (κ2) is 6.57. The number of ether oxygens (including phenoxy) is 1. The Hall–Kier alpha value is -2.67. The highest BCUT2D eigenvalue weighted by atomic mass is 32.2. The normalized spacial score (nSPS) is 12.0. The second-order valence-electron chi connectivity index (χ2n) is 4.91. The zero-order chi connectivity index (χ0) is 19.9. The predicted octanol–water partition coefficient (Wildman–Crippen LogP) is 0.831. The molecule has 26 heavy (non-hydrogen) atoms. The van der Waals surface area contributed by atoms with Crippen LogP contribution in [0.15, 0.2) is 40.1 Å². The average Bonchev–Trinajstić information content (AvgIpc) is 2.54. The fraction of sp³-hybridized carbons (Fsp3) is 0.0714. The summed E-state index contributed by atoms with van der Waals surface area (Å²) in [6, 6.07) is 6.73. The van der Waals surface area contributed by atoms with Gasteiger partial charge in [0.05, 0.1) is 12.7 Å². The standard InChI is InChI=1S/C14H12O10S2/c1-24-12-11(17)10(16)8(9(15)7-5-3-2-4-6-7)13(25(18,19)20)14(12)26(21,22)23/h2-6,16-17H,1H3,(H,18,19,20)(H,21,22,23). The van der Waals surface area contributed by atoms with Crippen molar-refractivity contribution in [2.45, 2.75) is 9.79 Å². The number of phenolic OH excluding ortho intramolecular Hbond substituents is 2. The summed E-state index contributed by atoms with van der Waals surface area (Å²) in [6.45, 7) is 0. The Balaban J connectivity index is 3.11. The van der Waals surface area contributed by atoms with Crippen LogP contribution < -0.4 is 4.74 Å². The van der Waals surface area contributed by atoms with Gasteiger partial charge in [-0.2, -0.15) is 16.8 Å². The molecule has 0 heterocycles. The van der Waals surface area contributed by atoms with E-state index in [-0.39, 0.29) is 5.56 Å². The van der Waals surface area contributed by atoms with Crippen molar-refractivity contribution in [3.05, 3.63) is 41.5 Å². The van der Waals surface area contributed by atoms with Crippen LogP contribution in [0.2, 0.25) is 0 Å². The molecule has 4 N–H and O–H groups in total. The van der Waals surface area contributed by atoms with Gasteiger partial charge in [-0.05, 0) is 0 Å². The molecule has 0 spiro atoms. The molecule has 10 nitrogen and oxygen atoms in total. The van der Waals surface area contributed by atoms with Crippen molar-refractivity contribution in [3.63, 3.8) is 0 Å². The zero-order valence-corrected chi connectivity index (χ0v) is 14.6. The smallest absolute Gasteiger partial charge is 0.299 e. The third-order valence-electron chi connectivity index (χ3n) is 3.30. The van der Waals surface area contributed by atoms with Gasteiger partial charge in [0.1, 0.15) is 4.90 Å². The molecule has 0 aromatic heterocycles. The van der Waals surface area contributed by atoms with Crippen molar-refractivity contribution in [2.75, 3.05) is 7.11 Å². The van der Waals surface area contributed by atoms with Gasteiger partial charge in [-0.15, -0.1) is 0 Å². The van der Waals surface area contributed by atoms with Gasteiger partial charge in [-0.3, -0.25) is 13.9 Å². The van der Waals surface area contributed by atoms with E-state index in [9.17, 15) is 40.9 Å². The number of carbonyl (C=O) groups excluding carboxylic acids is 1. The molecule has 0 amide bonds. The van der Waals surface area contributed by atoms with Crippen molar-refractivity contribution >= 4 is 26.0 Å². The van der Waals surface area contributed by atoms with Gasteiger partial charge in [0.25, 0.3) is 20.2 Å². The Morgan fingerprint density at radius 1 is 0.885 bits per heavy atom. The summed E-state index contributed by atoms with van der Waals surface area (Å²) in [5.74, 6) is -5.07. The summed E-state index contributed by atoms with van der Waals surface area (Å²) < 4.78 is 70.2. The quantitative estimate of drug-likeness (QED) is 0.317. The van der Waals surface area contributed by atoms with Gasteiger partial charge >= 0.3 is 0 Å². The van der Waals surface area contributed by atoms with Crippen LogP contribution >= 0.6 is 0 Å². The molecule has 0 saturated carbocycles. The van der Waals surface area contributed by atoms with Crippen LogP contribution in [0.1, 0.15) is 15.9 Å². The third kappa shape index (κ3) is 3.35. The van der Waals surface area contributed by atoms with Gasteiger partial charge in [-0.1, -0.05) is 30.3 Å². The number of carbonyl (C=O) groups is 1. The number of benzene rings is 2. The summed E-state index contributed by atoms with van der Waals surface area (Å²) in [6.07, 6.45) is 0. The number of hydrogen-bond acceptors (Lipinski definition) is 8. The van der Waals surface area contributed by atoms with Crippen molar-refractivity contribution in [2.24, 2.45) is 0 Å². The Morgan fingerprint density at radius 2 is 1.38 bits per heavy atom. The lowest BCUT2D eigenvalue weighted by atomic mass is 10.0. The van der Waals surface area contributed by atoms with E-state index < -0.39 is 58.6 Å². The molecule has 0 aliphatic heterocycles. The van der Waals surface area contributed by atoms with E-state index >= 15 is 0 Å². The van der Waals surface area contributed by atoms with Crippen molar-refractivity contribution in [1.29, 1.82) is 0 Å². The first-order valence-electron chi connectivity index (χ1n) is 6.61. The minimum atomic E-state index is -5.48. The van der Waals surface area contributed by atoms with Crippen LogP contribution in [0.4, 0.5) is 0 Å². The van der Waals surface area contributed by atoms with Gasteiger partial charge in [-0.25, -0.2) is 0 Å². The number of methoxy groups -OCH3 is 1. The molecule has 12 heteroatoms. The number of phenols is 2. The molecule has 0 bridgehead atoms. The first-order chi connectivity index (χ1) is 11.9. The van der Waals surface area contributed by atoms with Crippen LogP contribution in [-0.2, 0) is 20.2 Å². The summed E-state index contributed by atoms with van der Waals surface area (Å²) >= 11 is 0. The SMILES string of the molecule is COc1c(O)c(O)c(C(=O)c2ccccc2)c(S(=O)(=O)O)c1S(=O)(=O)O. The first kappa shape index (κ1) is 19.7. The maximum absolute atomic E-state index is 12.6. The van der Waals surface area contributed by atoms with Gasteiger partial charge in [0, 0.05) is 5.56 Å². The number of hydrogen-bond donors (Lipinski definition) is 4. The Kier molecular flexibility index (Phi) is 4.96. The van der Waals surface area contributed by atoms with Crippen LogP contribution in [0.3, 0.4) is 0 Å². The number of aromatic hydroxyl groups is 2. The van der Waals surface area contributed by atoms with E-state index in [1.807, 2.05) is 0 Å². The molecule has 2 aromatic carbocycles. The molecule has 0 unspecified atom stereocenters. The van der Waals surface area contributed by atoms with Crippen molar-refractivity contribution < 1.29 is 45.7 Å². The fourth-order valence-corrected chi connectivity index (χ4v) is 4.43. The van der Waals surface area contributed by atoms with E-state index in [0.29, 0.717) is 0 Å². The molecule has 0 aliphatic rings. The molecular formula is C14H12O10S2. The summed E-state index contributed by atoms with van der Waals surface area (Å²) in [5, 5.41) is 20.0. The van der Waals surface area contributed by atoms with Crippen molar-refractivity contribution in [1.82, 2.24) is 0 Å². The minimum Gasteiger partial charge on any atom is -0.504 e. The maximum Gasteiger partial charge on any atom is 0.299 e. The van der Waals surface area contributed by atoms with Crippen LogP contribution in [0.5, 0.6) is 17.2 Å². The first-order valence-corrected chi connectivity index (χ1v) is 9.49. The highest BCUT2D eigenvalue weighted by Crippen LogP contribution is 2.48. The summed E-state index contributed by atoms with van der Waals surface area (Å²) in [4.78, 5) is 9.39. The molecule has 0 fully saturated rings. The molecule has 2 rings (SSSR count). The molecule has 0 aliphatic carbocycles. The van der Waals surface area contributed by atoms with Gasteiger partial charge in [0.2, 0.25) is 5.75 Å². The Morgan fingerprint density at radius 3 is 1.81 bits per heavy atom. The van der Waals surface area contributed by atoms with Crippen molar-refractivity contribution in [3.8, 4) is 17.2 Å². The van der Waals surface area contributed by atoms with E-state index in [1.54, 1.807) is 0 Å². The van der Waals surface area contributed by atoms with E-state index in [2.05, 4.69) is 4.74 Å². The van der Waals surface area contributed by atoms with Gasteiger partial charge in [0.15, 0.2) is 22.2 Å².